The lowest BCUT2D eigenvalue weighted by Gasteiger charge is -1.93. The van der Waals surface area contributed by atoms with Gasteiger partial charge >= 0.3 is 0 Å². The molecular formula is C14H7FN2O. The zero-order valence-electron chi connectivity index (χ0n) is 9.22. The Balaban J connectivity index is 2.13. The molecule has 3 aromatic rings. The first-order valence-corrected chi connectivity index (χ1v) is 5.33. The molecule has 1 aromatic heterocycles. The maximum Gasteiger partial charge on any atom is 0.227 e. The molecule has 3 rings (SSSR count). The summed E-state index contributed by atoms with van der Waals surface area (Å²) in [6.45, 7) is 0. The van der Waals surface area contributed by atoms with Crippen molar-refractivity contribution < 1.29 is 8.81 Å². The molecule has 0 aliphatic heterocycles. The second kappa shape index (κ2) is 3.97. The third kappa shape index (κ3) is 1.72. The van der Waals surface area contributed by atoms with E-state index in [2.05, 4.69) is 4.98 Å². The summed E-state index contributed by atoms with van der Waals surface area (Å²) >= 11 is 0. The fraction of sp³-hybridized carbons (Fsp3) is 0. The second-order valence-electron chi connectivity index (χ2n) is 3.82. The van der Waals surface area contributed by atoms with E-state index in [4.69, 9.17) is 9.68 Å². The van der Waals surface area contributed by atoms with E-state index in [0.717, 1.165) is 0 Å². The van der Waals surface area contributed by atoms with Crippen LogP contribution in [0.25, 0.3) is 22.6 Å². The Labute approximate surface area is 102 Å². The largest absolute Gasteiger partial charge is 0.436 e. The molecule has 0 aliphatic carbocycles. The highest BCUT2D eigenvalue weighted by Crippen LogP contribution is 2.24. The minimum absolute atomic E-state index is 0.304. The van der Waals surface area contributed by atoms with E-state index in [1.54, 1.807) is 30.3 Å². The van der Waals surface area contributed by atoms with Crippen LogP contribution in [0, 0.1) is 17.1 Å². The van der Waals surface area contributed by atoms with Gasteiger partial charge in [-0.2, -0.15) is 5.26 Å². The highest BCUT2D eigenvalue weighted by Gasteiger charge is 2.08. The third-order valence-electron chi connectivity index (χ3n) is 2.61. The summed E-state index contributed by atoms with van der Waals surface area (Å²) in [5, 5.41) is 8.80. The third-order valence-corrected chi connectivity index (χ3v) is 2.61. The van der Waals surface area contributed by atoms with Crippen molar-refractivity contribution >= 4 is 11.1 Å². The molecule has 0 fully saturated rings. The van der Waals surface area contributed by atoms with Crippen molar-refractivity contribution in [3.8, 4) is 17.5 Å². The van der Waals surface area contributed by atoms with E-state index in [1.165, 1.54) is 12.1 Å². The van der Waals surface area contributed by atoms with Crippen LogP contribution in [0.15, 0.2) is 46.9 Å². The number of benzene rings is 2. The van der Waals surface area contributed by atoms with Crippen LogP contribution in [-0.2, 0) is 0 Å². The highest BCUT2D eigenvalue weighted by atomic mass is 19.1. The summed E-state index contributed by atoms with van der Waals surface area (Å²) < 4.78 is 18.4. The van der Waals surface area contributed by atoms with Gasteiger partial charge in [0.1, 0.15) is 11.3 Å². The molecule has 0 radical (unpaired) electrons. The summed E-state index contributed by atoms with van der Waals surface area (Å²) in [6.07, 6.45) is 0. The standard InChI is InChI=1S/C14H7FN2O/c15-11-4-2-10(3-5-11)14-17-12-7-9(8-16)1-6-13(12)18-14/h1-7H. The van der Waals surface area contributed by atoms with Gasteiger partial charge in [0.25, 0.3) is 0 Å². The van der Waals surface area contributed by atoms with E-state index in [9.17, 15) is 4.39 Å². The minimum atomic E-state index is -0.304. The Kier molecular flexibility index (Phi) is 2.31. The summed E-state index contributed by atoms with van der Waals surface area (Å²) in [6, 6.07) is 13.0. The first kappa shape index (κ1) is 10.5. The quantitative estimate of drug-likeness (QED) is 0.651. The summed E-state index contributed by atoms with van der Waals surface area (Å²) in [7, 11) is 0. The zero-order valence-corrected chi connectivity index (χ0v) is 9.22. The molecule has 0 aliphatic rings. The molecular weight excluding hydrogens is 231 g/mol. The molecule has 0 atom stereocenters. The van der Waals surface area contributed by atoms with Crippen LogP contribution in [0.1, 0.15) is 5.56 Å². The molecule has 3 nitrogen and oxygen atoms in total. The minimum Gasteiger partial charge on any atom is -0.436 e. The Bertz CT molecular complexity index is 754. The van der Waals surface area contributed by atoms with Gasteiger partial charge in [0.15, 0.2) is 5.58 Å². The topological polar surface area (TPSA) is 49.8 Å². The predicted molar refractivity (Wildman–Crippen MR) is 64.1 cm³/mol. The van der Waals surface area contributed by atoms with Gasteiger partial charge in [0.05, 0.1) is 11.6 Å². The van der Waals surface area contributed by atoms with Gasteiger partial charge < -0.3 is 4.42 Å². The van der Waals surface area contributed by atoms with E-state index < -0.39 is 0 Å². The number of hydrogen-bond acceptors (Lipinski definition) is 3. The Morgan fingerprint density at radius 3 is 2.61 bits per heavy atom. The average molecular weight is 238 g/mol. The normalized spacial score (nSPS) is 10.4. The van der Waals surface area contributed by atoms with Gasteiger partial charge in [-0.25, -0.2) is 9.37 Å². The van der Waals surface area contributed by atoms with Gasteiger partial charge in [0.2, 0.25) is 5.89 Å². The number of rotatable bonds is 1. The molecule has 0 unspecified atom stereocenters. The summed E-state index contributed by atoms with van der Waals surface area (Å²) in [4.78, 5) is 4.28. The van der Waals surface area contributed by atoms with Crippen molar-refractivity contribution in [2.24, 2.45) is 0 Å². The smallest absolute Gasteiger partial charge is 0.227 e. The predicted octanol–water partition coefficient (Wildman–Crippen LogP) is 3.51. The maximum absolute atomic E-state index is 12.8. The first-order chi connectivity index (χ1) is 8.76. The fourth-order valence-corrected chi connectivity index (χ4v) is 1.71. The van der Waals surface area contributed by atoms with Gasteiger partial charge in [0, 0.05) is 5.56 Å². The van der Waals surface area contributed by atoms with E-state index in [0.29, 0.717) is 28.1 Å². The van der Waals surface area contributed by atoms with E-state index >= 15 is 0 Å². The Hall–Kier alpha value is -2.67. The second-order valence-corrected chi connectivity index (χ2v) is 3.82. The number of halogens is 1. The molecule has 2 aromatic carbocycles. The van der Waals surface area contributed by atoms with Gasteiger partial charge in [-0.05, 0) is 42.5 Å². The van der Waals surface area contributed by atoms with Gasteiger partial charge in [-0.15, -0.1) is 0 Å². The number of nitriles is 1. The molecule has 18 heavy (non-hydrogen) atoms. The van der Waals surface area contributed by atoms with Crippen LogP contribution in [0.2, 0.25) is 0 Å². The van der Waals surface area contributed by atoms with Crippen molar-refractivity contribution in [3.63, 3.8) is 0 Å². The molecule has 0 bridgehead atoms. The fourth-order valence-electron chi connectivity index (χ4n) is 1.71. The molecule has 1 heterocycles. The number of nitrogens with zero attached hydrogens (tertiary/aromatic N) is 2. The van der Waals surface area contributed by atoms with Crippen molar-refractivity contribution in [2.45, 2.75) is 0 Å². The van der Waals surface area contributed by atoms with Crippen molar-refractivity contribution in [1.82, 2.24) is 4.98 Å². The molecule has 4 heteroatoms. The van der Waals surface area contributed by atoms with Gasteiger partial charge in [-0.1, -0.05) is 0 Å². The Morgan fingerprint density at radius 2 is 1.89 bits per heavy atom. The lowest BCUT2D eigenvalue weighted by molar-refractivity contribution is 0.616. The zero-order chi connectivity index (χ0) is 12.5. The molecule has 86 valence electrons. The molecule has 0 saturated carbocycles. The van der Waals surface area contributed by atoms with Crippen LogP contribution < -0.4 is 0 Å². The van der Waals surface area contributed by atoms with Crippen molar-refractivity contribution in [1.29, 1.82) is 5.26 Å². The number of hydrogen-bond donors (Lipinski definition) is 0. The van der Waals surface area contributed by atoms with E-state index in [1.807, 2.05) is 6.07 Å². The van der Waals surface area contributed by atoms with Crippen LogP contribution in [0.4, 0.5) is 4.39 Å². The number of fused-ring (bicyclic) bond motifs is 1. The molecule has 0 spiro atoms. The lowest BCUT2D eigenvalue weighted by atomic mass is 10.2. The lowest BCUT2D eigenvalue weighted by Crippen LogP contribution is -1.78. The molecule has 0 N–H and O–H groups in total. The van der Waals surface area contributed by atoms with Gasteiger partial charge in [-0.3, -0.25) is 0 Å². The number of aromatic nitrogens is 1. The highest BCUT2D eigenvalue weighted by molar-refractivity contribution is 5.77. The van der Waals surface area contributed by atoms with Crippen LogP contribution in [0.3, 0.4) is 0 Å². The van der Waals surface area contributed by atoms with Crippen LogP contribution >= 0.6 is 0 Å². The summed E-state index contributed by atoms with van der Waals surface area (Å²) in [5.41, 5.74) is 2.45. The summed E-state index contributed by atoms with van der Waals surface area (Å²) in [5.74, 6) is 0.113. The average Bonchev–Trinajstić information content (AvgIpc) is 2.82. The first-order valence-electron chi connectivity index (χ1n) is 5.33. The monoisotopic (exact) mass is 238 g/mol. The van der Waals surface area contributed by atoms with Crippen LogP contribution in [0.5, 0.6) is 0 Å². The van der Waals surface area contributed by atoms with Crippen molar-refractivity contribution in [3.05, 3.63) is 53.8 Å². The van der Waals surface area contributed by atoms with E-state index in [-0.39, 0.29) is 5.82 Å². The number of oxazole rings is 1. The van der Waals surface area contributed by atoms with Crippen molar-refractivity contribution in [2.75, 3.05) is 0 Å². The Morgan fingerprint density at radius 1 is 1.11 bits per heavy atom. The molecule has 0 amide bonds. The SMILES string of the molecule is N#Cc1ccc2oc(-c3ccc(F)cc3)nc2c1. The molecule has 0 saturated heterocycles. The maximum atomic E-state index is 12.8. The van der Waals surface area contributed by atoms with Crippen LogP contribution in [-0.4, -0.2) is 4.98 Å².